The first-order valence-corrected chi connectivity index (χ1v) is 5.92. The normalized spacial score (nSPS) is 13.1. The summed E-state index contributed by atoms with van der Waals surface area (Å²) >= 11 is 5.94. The van der Waals surface area contributed by atoms with Crippen LogP contribution in [0.25, 0.3) is 0 Å². The molecule has 3 N–H and O–H groups in total. The smallest absolute Gasteiger partial charge is 0.124 e. The van der Waals surface area contributed by atoms with Crippen LogP contribution in [0.3, 0.4) is 0 Å². The topological polar surface area (TPSA) is 47.3 Å². The van der Waals surface area contributed by atoms with Gasteiger partial charge in [-0.05, 0) is 38.0 Å². The number of nitrogens with two attached hydrogens (primary N) is 1. The van der Waals surface area contributed by atoms with Crippen molar-refractivity contribution in [3.05, 3.63) is 34.6 Å². The second kappa shape index (κ2) is 6.91. The van der Waals surface area contributed by atoms with Gasteiger partial charge in [-0.1, -0.05) is 17.7 Å². The Morgan fingerprint density at radius 3 is 2.71 bits per heavy atom. The summed E-state index contributed by atoms with van der Waals surface area (Å²) in [4.78, 5) is 0. The van der Waals surface area contributed by atoms with Crippen LogP contribution in [0.1, 0.15) is 19.4 Å². The largest absolute Gasteiger partial charge is 0.377 e. The second-order valence-corrected chi connectivity index (χ2v) is 4.59. The molecule has 0 saturated carbocycles. The lowest BCUT2D eigenvalue weighted by Gasteiger charge is -2.18. The van der Waals surface area contributed by atoms with E-state index in [1.54, 1.807) is 6.07 Å². The third kappa shape index (κ3) is 5.00. The minimum Gasteiger partial charge on any atom is -0.377 e. The molecule has 0 spiro atoms. The molecule has 0 aliphatic heterocycles. The van der Waals surface area contributed by atoms with Gasteiger partial charge in [-0.2, -0.15) is 0 Å². The highest BCUT2D eigenvalue weighted by Crippen LogP contribution is 2.18. The average Bonchev–Trinajstić information content (AvgIpc) is 2.26. The Kier molecular flexibility index (Phi) is 5.85. The lowest BCUT2D eigenvalue weighted by atomic mass is 10.1. The first-order chi connectivity index (χ1) is 8.02. The van der Waals surface area contributed by atoms with Gasteiger partial charge in [0.05, 0.1) is 12.7 Å². The Hall–Kier alpha value is -0.680. The summed E-state index contributed by atoms with van der Waals surface area (Å²) in [5.41, 5.74) is 3.52. The minimum absolute atomic E-state index is 0.0413. The predicted molar refractivity (Wildman–Crippen MR) is 67.3 cm³/mol. The second-order valence-electron chi connectivity index (χ2n) is 4.19. The average molecular weight is 261 g/mol. The molecule has 3 nitrogen and oxygen atoms in total. The van der Waals surface area contributed by atoms with Crippen LogP contribution in [0.5, 0.6) is 0 Å². The molecule has 96 valence electrons. The molecule has 1 aromatic carbocycles. The van der Waals surface area contributed by atoms with E-state index in [-0.39, 0.29) is 18.0 Å². The molecule has 0 amide bonds. The number of ether oxygens (including phenoxy) is 1. The Balaban J connectivity index is 2.60. The molecule has 0 heterocycles. The van der Waals surface area contributed by atoms with Crippen LogP contribution in [0, 0.1) is 5.82 Å². The Morgan fingerprint density at radius 2 is 2.18 bits per heavy atom. The van der Waals surface area contributed by atoms with Crippen LogP contribution >= 0.6 is 11.6 Å². The number of nitrogens with one attached hydrogen (secondary N) is 1. The molecule has 0 aliphatic rings. The van der Waals surface area contributed by atoms with Crippen LogP contribution in [-0.4, -0.2) is 18.8 Å². The number of hydrogen-bond donors (Lipinski definition) is 2. The summed E-state index contributed by atoms with van der Waals surface area (Å²) in [5, 5.41) is 0.412. The van der Waals surface area contributed by atoms with Crippen LogP contribution in [0.4, 0.5) is 4.39 Å². The fourth-order valence-corrected chi connectivity index (χ4v) is 1.67. The van der Waals surface area contributed by atoms with E-state index >= 15 is 0 Å². The maximum Gasteiger partial charge on any atom is 0.124 e. The van der Waals surface area contributed by atoms with Crippen molar-refractivity contribution in [3.63, 3.8) is 0 Å². The van der Waals surface area contributed by atoms with E-state index < -0.39 is 0 Å². The highest BCUT2D eigenvalue weighted by Gasteiger charge is 2.11. The minimum atomic E-state index is -0.338. The van der Waals surface area contributed by atoms with Crippen molar-refractivity contribution in [2.45, 2.75) is 32.4 Å². The van der Waals surface area contributed by atoms with Crippen molar-refractivity contribution in [2.24, 2.45) is 5.84 Å². The quantitative estimate of drug-likeness (QED) is 0.609. The summed E-state index contributed by atoms with van der Waals surface area (Å²) < 4.78 is 18.3. The number of halogens is 2. The van der Waals surface area contributed by atoms with E-state index in [1.165, 1.54) is 12.1 Å². The van der Waals surface area contributed by atoms with Gasteiger partial charge in [0.25, 0.3) is 0 Å². The van der Waals surface area contributed by atoms with E-state index in [9.17, 15) is 4.39 Å². The number of benzene rings is 1. The zero-order valence-corrected chi connectivity index (χ0v) is 10.8. The fourth-order valence-electron chi connectivity index (χ4n) is 1.43. The van der Waals surface area contributed by atoms with Gasteiger partial charge in [-0.15, -0.1) is 0 Å². The Bertz CT molecular complexity index is 360. The summed E-state index contributed by atoms with van der Waals surface area (Å²) in [6.07, 6.45) is 0.747. The van der Waals surface area contributed by atoms with E-state index in [4.69, 9.17) is 22.2 Å². The molecule has 1 rings (SSSR count). The lowest BCUT2D eigenvalue weighted by molar-refractivity contribution is 0.0613. The molecule has 0 aromatic heterocycles. The van der Waals surface area contributed by atoms with Gasteiger partial charge in [-0.3, -0.25) is 11.3 Å². The zero-order valence-electron chi connectivity index (χ0n) is 10.0. The SMILES string of the molecule is CC(C)OCC(Cc1ccc(F)cc1Cl)NN. The van der Waals surface area contributed by atoms with Gasteiger partial charge in [0.2, 0.25) is 0 Å². The molecule has 0 radical (unpaired) electrons. The standard InChI is InChI=1S/C12H18ClFN2O/c1-8(2)17-7-11(16-15)5-9-3-4-10(14)6-12(9)13/h3-4,6,8,11,16H,5,7,15H2,1-2H3. The lowest BCUT2D eigenvalue weighted by Crippen LogP contribution is -2.41. The van der Waals surface area contributed by atoms with Gasteiger partial charge in [0.1, 0.15) is 5.82 Å². The molecule has 0 saturated heterocycles. The van der Waals surface area contributed by atoms with Crippen LogP contribution in [0.15, 0.2) is 18.2 Å². The first-order valence-electron chi connectivity index (χ1n) is 5.54. The molecule has 0 bridgehead atoms. The number of rotatable bonds is 6. The van der Waals surface area contributed by atoms with Crippen LogP contribution in [0.2, 0.25) is 5.02 Å². The molecular weight excluding hydrogens is 243 g/mol. The van der Waals surface area contributed by atoms with Gasteiger partial charge in [0, 0.05) is 11.1 Å². The summed E-state index contributed by atoms with van der Waals surface area (Å²) in [6.45, 7) is 4.40. The predicted octanol–water partition coefficient (Wildman–Crippen LogP) is 2.28. The van der Waals surface area contributed by atoms with Gasteiger partial charge in [-0.25, -0.2) is 4.39 Å². The van der Waals surface area contributed by atoms with E-state index in [1.807, 2.05) is 13.8 Å². The molecule has 1 unspecified atom stereocenters. The van der Waals surface area contributed by atoms with Crippen molar-refractivity contribution >= 4 is 11.6 Å². The summed E-state index contributed by atoms with van der Waals surface area (Å²) in [6, 6.07) is 4.31. The van der Waals surface area contributed by atoms with Crippen molar-refractivity contribution in [3.8, 4) is 0 Å². The monoisotopic (exact) mass is 260 g/mol. The molecule has 1 atom stereocenters. The Labute approximate surface area is 106 Å². The van der Waals surface area contributed by atoms with Crippen molar-refractivity contribution in [2.75, 3.05) is 6.61 Å². The van der Waals surface area contributed by atoms with Gasteiger partial charge < -0.3 is 4.74 Å². The third-order valence-corrected chi connectivity index (χ3v) is 2.70. The summed E-state index contributed by atoms with van der Waals surface area (Å²) in [7, 11) is 0. The van der Waals surface area contributed by atoms with E-state index in [0.717, 1.165) is 5.56 Å². The molecule has 5 heteroatoms. The molecule has 1 aromatic rings. The highest BCUT2D eigenvalue weighted by molar-refractivity contribution is 6.31. The maximum absolute atomic E-state index is 12.9. The van der Waals surface area contributed by atoms with Gasteiger partial charge >= 0.3 is 0 Å². The van der Waals surface area contributed by atoms with Crippen LogP contribution in [-0.2, 0) is 11.2 Å². The fraction of sp³-hybridized carbons (Fsp3) is 0.500. The number of hydrogen-bond acceptors (Lipinski definition) is 3. The van der Waals surface area contributed by atoms with Crippen molar-refractivity contribution < 1.29 is 9.13 Å². The van der Waals surface area contributed by atoms with Gasteiger partial charge in [0.15, 0.2) is 0 Å². The van der Waals surface area contributed by atoms with E-state index in [0.29, 0.717) is 18.1 Å². The molecule has 0 aliphatic carbocycles. The first kappa shape index (κ1) is 14.4. The molecular formula is C12H18ClFN2O. The zero-order chi connectivity index (χ0) is 12.8. The number of hydrazine groups is 1. The van der Waals surface area contributed by atoms with Crippen molar-refractivity contribution in [1.29, 1.82) is 0 Å². The molecule has 0 fully saturated rings. The third-order valence-electron chi connectivity index (χ3n) is 2.35. The van der Waals surface area contributed by atoms with Crippen molar-refractivity contribution in [1.82, 2.24) is 5.43 Å². The molecule has 17 heavy (non-hydrogen) atoms. The van der Waals surface area contributed by atoms with Crippen LogP contribution < -0.4 is 11.3 Å². The Morgan fingerprint density at radius 1 is 1.47 bits per heavy atom. The van der Waals surface area contributed by atoms with E-state index in [2.05, 4.69) is 5.43 Å². The maximum atomic E-state index is 12.9. The highest BCUT2D eigenvalue weighted by atomic mass is 35.5. The summed E-state index contributed by atoms with van der Waals surface area (Å²) in [5.74, 6) is 5.10.